The number of rotatable bonds is 3. The molecule has 106 valence electrons. The Hall–Kier alpha value is -2.22. The Morgan fingerprint density at radius 1 is 1.00 bits per heavy atom. The lowest BCUT2D eigenvalue weighted by Crippen LogP contribution is -2.17. The van der Waals surface area contributed by atoms with Crippen molar-refractivity contribution in [2.75, 3.05) is 10.5 Å². The monoisotopic (exact) mass is 302 g/mol. The molecule has 0 radical (unpaired) electrons. The second-order valence-corrected chi connectivity index (χ2v) is 5.51. The van der Waals surface area contributed by atoms with E-state index >= 15 is 0 Å². The van der Waals surface area contributed by atoms with Crippen LogP contribution in [0.15, 0.2) is 41.3 Å². The van der Waals surface area contributed by atoms with Gasteiger partial charge in [-0.1, -0.05) is 12.1 Å². The van der Waals surface area contributed by atoms with Gasteiger partial charge < -0.3 is 5.73 Å². The zero-order valence-electron chi connectivity index (χ0n) is 9.90. The number of nitrogens with two attached hydrogens (primary N) is 1. The third-order valence-electron chi connectivity index (χ3n) is 2.44. The Kier molecular flexibility index (Phi) is 3.58. The van der Waals surface area contributed by atoms with E-state index in [9.17, 15) is 21.6 Å². The smallest absolute Gasteiger partial charge is 0.267 e. The largest absolute Gasteiger partial charge is 0.397 e. The minimum absolute atomic E-state index is 0.0318. The number of anilines is 2. The van der Waals surface area contributed by atoms with Crippen LogP contribution in [0.5, 0.6) is 0 Å². The van der Waals surface area contributed by atoms with Crippen molar-refractivity contribution in [2.45, 2.75) is 4.90 Å². The maximum Gasteiger partial charge on any atom is 0.267 e. The standard InChI is InChI=1S/C12H9F3N2O2S/c13-7-5-8(14)12(9(15)6-7)20(18,19)17-11-4-2-1-3-10(11)16/h1-6,17H,16H2. The second kappa shape index (κ2) is 5.04. The van der Waals surface area contributed by atoms with Crippen LogP contribution in [0.3, 0.4) is 0 Å². The SMILES string of the molecule is Nc1ccccc1NS(=O)(=O)c1c(F)cc(F)cc1F. The van der Waals surface area contributed by atoms with Gasteiger partial charge in [0.25, 0.3) is 10.0 Å². The van der Waals surface area contributed by atoms with Gasteiger partial charge >= 0.3 is 0 Å². The molecule has 0 aliphatic heterocycles. The molecule has 0 spiro atoms. The quantitative estimate of drug-likeness (QED) is 0.856. The van der Waals surface area contributed by atoms with Gasteiger partial charge in [0.1, 0.15) is 17.5 Å². The van der Waals surface area contributed by atoms with Crippen LogP contribution in [0.4, 0.5) is 24.5 Å². The Labute approximate surface area is 113 Å². The molecular weight excluding hydrogens is 293 g/mol. The first-order chi connectivity index (χ1) is 9.31. The van der Waals surface area contributed by atoms with Crippen molar-refractivity contribution in [3.8, 4) is 0 Å². The fourth-order valence-corrected chi connectivity index (χ4v) is 2.78. The van der Waals surface area contributed by atoms with Gasteiger partial charge in [-0.3, -0.25) is 4.72 Å². The first-order valence-corrected chi connectivity index (χ1v) is 6.81. The molecule has 0 fully saturated rings. The van der Waals surface area contributed by atoms with E-state index < -0.39 is 32.4 Å². The first-order valence-electron chi connectivity index (χ1n) is 5.33. The molecule has 0 saturated heterocycles. The number of para-hydroxylation sites is 2. The minimum atomic E-state index is -4.56. The topological polar surface area (TPSA) is 72.2 Å². The Balaban J connectivity index is 2.50. The summed E-state index contributed by atoms with van der Waals surface area (Å²) in [6, 6.07) is 6.36. The third kappa shape index (κ3) is 2.69. The Morgan fingerprint density at radius 2 is 1.55 bits per heavy atom. The van der Waals surface area contributed by atoms with Gasteiger partial charge in [-0.25, -0.2) is 21.6 Å². The van der Waals surface area contributed by atoms with Gasteiger partial charge in [0.2, 0.25) is 0 Å². The number of halogens is 3. The van der Waals surface area contributed by atoms with E-state index in [0.717, 1.165) is 0 Å². The lowest BCUT2D eigenvalue weighted by atomic mass is 10.3. The van der Waals surface area contributed by atoms with Crippen LogP contribution in [0.2, 0.25) is 0 Å². The van der Waals surface area contributed by atoms with Crippen molar-refractivity contribution < 1.29 is 21.6 Å². The van der Waals surface area contributed by atoms with Crippen LogP contribution in [0.1, 0.15) is 0 Å². The average Bonchev–Trinajstić information content (AvgIpc) is 2.30. The van der Waals surface area contributed by atoms with Crippen LogP contribution in [-0.4, -0.2) is 8.42 Å². The Morgan fingerprint density at radius 3 is 2.10 bits per heavy atom. The molecule has 2 rings (SSSR count). The molecule has 0 unspecified atom stereocenters. The van der Waals surface area contributed by atoms with Gasteiger partial charge in [-0.05, 0) is 12.1 Å². The normalized spacial score (nSPS) is 11.3. The number of hydrogen-bond acceptors (Lipinski definition) is 3. The molecule has 0 saturated carbocycles. The van der Waals surface area contributed by atoms with E-state index in [1.807, 2.05) is 4.72 Å². The highest BCUT2D eigenvalue weighted by atomic mass is 32.2. The van der Waals surface area contributed by atoms with Crippen molar-refractivity contribution in [1.82, 2.24) is 0 Å². The van der Waals surface area contributed by atoms with E-state index in [1.165, 1.54) is 18.2 Å². The van der Waals surface area contributed by atoms with E-state index in [1.54, 1.807) is 6.07 Å². The maximum absolute atomic E-state index is 13.5. The molecule has 2 aromatic rings. The molecule has 0 aliphatic carbocycles. The third-order valence-corrected chi connectivity index (χ3v) is 3.85. The number of hydrogen-bond donors (Lipinski definition) is 2. The minimum Gasteiger partial charge on any atom is -0.397 e. The average molecular weight is 302 g/mol. The van der Waals surface area contributed by atoms with Gasteiger partial charge in [0.15, 0.2) is 4.90 Å². The molecule has 3 N–H and O–H groups in total. The van der Waals surface area contributed by atoms with Crippen LogP contribution in [-0.2, 0) is 10.0 Å². The predicted octanol–water partition coefficient (Wildman–Crippen LogP) is 2.49. The molecular formula is C12H9F3N2O2S. The molecule has 0 amide bonds. The van der Waals surface area contributed by atoms with Crippen molar-refractivity contribution in [3.05, 3.63) is 53.8 Å². The van der Waals surface area contributed by atoms with E-state index in [2.05, 4.69) is 0 Å². The number of sulfonamides is 1. The second-order valence-electron chi connectivity index (χ2n) is 3.89. The van der Waals surface area contributed by atoms with Gasteiger partial charge in [0.05, 0.1) is 11.4 Å². The molecule has 2 aromatic carbocycles. The van der Waals surface area contributed by atoms with E-state index in [4.69, 9.17) is 5.73 Å². The van der Waals surface area contributed by atoms with Crippen molar-refractivity contribution in [1.29, 1.82) is 0 Å². The highest BCUT2D eigenvalue weighted by Crippen LogP contribution is 2.25. The molecule has 4 nitrogen and oxygen atoms in total. The van der Waals surface area contributed by atoms with Crippen molar-refractivity contribution in [3.63, 3.8) is 0 Å². The van der Waals surface area contributed by atoms with Crippen LogP contribution >= 0.6 is 0 Å². The number of benzene rings is 2. The van der Waals surface area contributed by atoms with Gasteiger partial charge in [-0.15, -0.1) is 0 Å². The van der Waals surface area contributed by atoms with Gasteiger partial charge in [-0.2, -0.15) is 0 Å². The zero-order valence-corrected chi connectivity index (χ0v) is 10.7. The molecule has 0 aromatic heterocycles. The first kappa shape index (κ1) is 14.2. The Bertz CT molecular complexity index is 740. The summed E-state index contributed by atoms with van der Waals surface area (Å²) < 4.78 is 65.6. The summed E-state index contributed by atoms with van der Waals surface area (Å²) in [5.41, 5.74) is 5.58. The fourth-order valence-electron chi connectivity index (χ4n) is 1.57. The fraction of sp³-hybridized carbons (Fsp3) is 0. The molecule has 0 atom stereocenters. The molecule has 0 heterocycles. The van der Waals surface area contributed by atoms with Crippen LogP contribution < -0.4 is 10.5 Å². The lowest BCUT2D eigenvalue weighted by molar-refractivity contribution is 0.498. The van der Waals surface area contributed by atoms with Crippen LogP contribution in [0, 0.1) is 17.5 Å². The molecule has 0 bridgehead atoms. The van der Waals surface area contributed by atoms with Crippen molar-refractivity contribution >= 4 is 21.4 Å². The lowest BCUT2D eigenvalue weighted by Gasteiger charge is -2.11. The molecule has 8 heteroatoms. The predicted molar refractivity (Wildman–Crippen MR) is 68.0 cm³/mol. The number of nitrogen functional groups attached to an aromatic ring is 1. The summed E-state index contributed by atoms with van der Waals surface area (Å²) in [6.07, 6.45) is 0. The summed E-state index contributed by atoms with van der Waals surface area (Å²) in [7, 11) is -4.56. The summed E-state index contributed by atoms with van der Waals surface area (Å²) in [5, 5.41) is 0. The van der Waals surface area contributed by atoms with E-state index in [0.29, 0.717) is 0 Å². The molecule has 20 heavy (non-hydrogen) atoms. The van der Waals surface area contributed by atoms with Crippen molar-refractivity contribution in [2.24, 2.45) is 0 Å². The van der Waals surface area contributed by atoms with Gasteiger partial charge in [0, 0.05) is 12.1 Å². The summed E-state index contributed by atoms with van der Waals surface area (Å²) >= 11 is 0. The highest BCUT2D eigenvalue weighted by Gasteiger charge is 2.25. The summed E-state index contributed by atoms with van der Waals surface area (Å²) in [6.45, 7) is 0. The zero-order chi connectivity index (χ0) is 14.9. The van der Waals surface area contributed by atoms with Crippen LogP contribution in [0.25, 0.3) is 0 Å². The maximum atomic E-state index is 13.5. The molecule has 0 aliphatic rings. The van der Waals surface area contributed by atoms with E-state index in [-0.39, 0.29) is 23.5 Å². The highest BCUT2D eigenvalue weighted by molar-refractivity contribution is 7.92. The summed E-state index contributed by atoms with van der Waals surface area (Å²) in [5.74, 6) is -4.26. The number of nitrogens with one attached hydrogen (secondary N) is 1. The summed E-state index contributed by atoms with van der Waals surface area (Å²) in [4.78, 5) is -1.26.